The Morgan fingerprint density at radius 2 is 1.93 bits per heavy atom. The zero-order valence-electron chi connectivity index (χ0n) is 14.4. The number of alkyl halides is 3. The summed E-state index contributed by atoms with van der Waals surface area (Å²) in [4.78, 5) is 20.5. The number of halogens is 3. The zero-order chi connectivity index (χ0) is 19.4. The lowest BCUT2D eigenvalue weighted by atomic mass is 10.0. The average molecular weight is 375 g/mol. The van der Waals surface area contributed by atoms with Crippen molar-refractivity contribution in [3.8, 4) is 5.88 Å². The minimum absolute atomic E-state index is 0.0217. The van der Waals surface area contributed by atoms with E-state index >= 15 is 0 Å². The van der Waals surface area contributed by atoms with E-state index in [0.29, 0.717) is 18.1 Å². The van der Waals surface area contributed by atoms with Gasteiger partial charge < -0.3 is 10.1 Å². The van der Waals surface area contributed by atoms with Crippen LogP contribution in [0.2, 0.25) is 0 Å². The third-order valence-electron chi connectivity index (χ3n) is 3.87. The van der Waals surface area contributed by atoms with E-state index in [1.165, 1.54) is 24.4 Å². The summed E-state index contributed by atoms with van der Waals surface area (Å²) in [7, 11) is 0. The Hall–Kier alpha value is -3.16. The summed E-state index contributed by atoms with van der Waals surface area (Å²) in [6, 6.07) is 9.18. The molecule has 0 saturated heterocycles. The number of amides is 1. The Labute approximate surface area is 153 Å². The van der Waals surface area contributed by atoms with Gasteiger partial charge >= 0.3 is 6.18 Å². The van der Waals surface area contributed by atoms with E-state index in [1.54, 1.807) is 25.1 Å². The molecule has 0 radical (unpaired) electrons. The molecule has 140 valence electrons. The van der Waals surface area contributed by atoms with E-state index in [4.69, 9.17) is 4.74 Å². The van der Waals surface area contributed by atoms with Crippen LogP contribution in [0.4, 0.5) is 13.2 Å². The standard InChI is InChI=1S/C19H16F3N3O2/c1-2-27-18-12(6-5-9-23-18)10-25-17(26)14-11-24-15-8-4-3-7-13(15)16(14)19(20,21)22/h3-9,11H,2,10H2,1H3,(H,25,26). The number of hydrogen-bond donors (Lipinski definition) is 1. The van der Waals surface area contributed by atoms with Gasteiger partial charge in [-0.25, -0.2) is 4.98 Å². The van der Waals surface area contributed by atoms with Gasteiger partial charge in [0, 0.05) is 29.9 Å². The first kappa shape index (κ1) is 18.6. The predicted molar refractivity (Wildman–Crippen MR) is 93.3 cm³/mol. The van der Waals surface area contributed by atoms with Crippen molar-refractivity contribution in [3.63, 3.8) is 0 Å². The van der Waals surface area contributed by atoms with Crippen LogP contribution in [0.5, 0.6) is 5.88 Å². The Bertz CT molecular complexity index is 974. The number of aromatic nitrogens is 2. The highest BCUT2D eigenvalue weighted by molar-refractivity contribution is 6.00. The van der Waals surface area contributed by atoms with Crippen molar-refractivity contribution >= 4 is 16.8 Å². The molecule has 0 atom stereocenters. The molecule has 0 aliphatic rings. The number of carbonyl (C=O) groups excluding carboxylic acids is 1. The molecule has 5 nitrogen and oxygen atoms in total. The van der Waals surface area contributed by atoms with Gasteiger partial charge in [0.1, 0.15) is 0 Å². The van der Waals surface area contributed by atoms with Gasteiger partial charge in [-0.3, -0.25) is 9.78 Å². The molecule has 1 N–H and O–H groups in total. The first-order chi connectivity index (χ1) is 12.9. The van der Waals surface area contributed by atoms with Crippen LogP contribution in [-0.2, 0) is 12.7 Å². The molecule has 0 unspecified atom stereocenters. The molecule has 3 aromatic rings. The highest BCUT2D eigenvalue weighted by atomic mass is 19.4. The molecule has 3 rings (SSSR count). The fourth-order valence-corrected chi connectivity index (χ4v) is 2.71. The Balaban J connectivity index is 1.93. The number of nitrogens with zero attached hydrogens (tertiary/aromatic N) is 2. The highest BCUT2D eigenvalue weighted by Gasteiger charge is 2.37. The fourth-order valence-electron chi connectivity index (χ4n) is 2.71. The summed E-state index contributed by atoms with van der Waals surface area (Å²) in [6.07, 6.45) is -2.21. The van der Waals surface area contributed by atoms with E-state index in [9.17, 15) is 18.0 Å². The molecule has 0 saturated carbocycles. The highest BCUT2D eigenvalue weighted by Crippen LogP contribution is 2.36. The maximum atomic E-state index is 13.6. The third kappa shape index (κ3) is 3.99. The smallest absolute Gasteiger partial charge is 0.417 e. The third-order valence-corrected chi connectivity index (χ3v) is 3.87. The van der Waals surface area contributed by atoms with E-state index in [2.05, 4.69) is 15.3 Å². The molecule has 2 heterocycles. The van der Waals surface area contributed by atoms with Crippen LogP contribution in [0.3, 0.4) is 0 Å². The Morgan fingerprint density at radius 3 is 2.67 bits per heavy atom. The predicted octanol–water partition coefficient (Wildman–Crippen LogP) is 3.98. The van der Waals surface area contributed by atoms with Gasteiger partial charge in [0.15, 0.2) is 0 Å². The van der Waals surface area contributed by atoms with Crippen molar-refractivity contribution in [2.45, 2.75) is 19.6 Å². The first-order valence-corrected chi connectivity index (χ1v) is 8.21. The molecule has 8 heteroatoms. The maximum Gasteiger partial charge on any atom is 0.417 e. The number of ether oxygens (including phenoxy) is 1. The van der Waals surface area contributed by atoms with Crippen molar-refractivity contribution < 1.29 is 22.7 Å². The second-order valence-corrected chi connectivity index (χ2v) is 5.65. The van der Waals surface area contributed by atoms with Crippen molar-refractivity contribution in [2.24, 2.45) is 0 Å². The lowest BCUT2D eigenvalue weighted by molar-refractivity contribution is -0.136. The van der Waals surface area contributed by atoms with E-state index < -0.39 is 23.2 Å². The largest absolute Gasteiger partial charge is 0.478 e. The van der Waals surface area contributed by atoms with Gasteiger partial charge in [-0.15, -0.1) is 0 Å². The van der Waals surface area contributed by atoms with Gasteiger partial charge in [0.2, 0.25) is 5.88 Å². The summed E-state index contributed by atoms with van der Waals surface area (Å²) >= 11 is 0. The molecule has 0 bridgehead atoms. The second kappa shape index (κ2) is 7.61. The number of carbonyl (C=O) groups is 1. The minimum atomic E-state index is -4.69. The molecule has 27 heavy (non-hydrogen) atoms. The molecule has 0 aliphatic heterocycles. The van der Waals surface area contributed by atoms with Gasteiger partial charge in [0.05, 0.1) is 23.3 Å². The normalized spacial score (nSPS) is 11.4. The monoisotopic (exact) mass is 375 g/mol. The minimum Gasteiger partial charge on any atom is -0.478 e. The van der Waals surface area contributed by atoms with Crippen LogP contribution in [0.25, 0.3) is 10.9 Å². The molecule has 0 fully saturated rings. The van der Waals surface area contributed by atoms with Gasteiger partial charge in [0.25, 0.3) is 5.91 Å². The van der Waals surface area contributed by atoms with Crippen molar-refractivity contribution in [1.29, 1.82) is 0 Å². The van der Waals surface area contributed by atoms with E-state index in [-0.39, 0.29) is 17.4 Å². The van der Waals surface area contributed by atoms with E-state index in [0.717, 1.165) is 6.20 Å². The second-order valence-electron chi connectivity index (χ2n) is 5.65. The number of para-hydroxylation sites is 1. The van der Waals surface area contributed by atoms with Crippen LogP contribution >= 0.6 is 0 Å². The molecule has 0 spiro atoms. The quantitative estimate of drug-likeness (QED) is 0.733. The Morgan fingerprint density at radius 1 is 1.15 bits per heavy atom. The lowest BCUT2D eigenvalue weighted by Gasteiger charge is -2.15. The van der Waals surface area contributed by atoms with E-state index in [1.807, 2.05) is 0 Å². The van der Waals surface area contributed by atoms with Gasteiger partial charge in [-0.05, 0) is 19.1 Å². The SMILES string of the molecule is CCOc1ncccc1CNC(=O)c1cnc2ccccc2c1C(F)(F)F. The molecule has 1 amide bonds. The fraction of sp³-hybridized carbons (Fsp3) is 0.211. The van der Waals surface area contributed by atoms with Crippen molar-refractivity contribution in [1.82, 2.24) is 15.3 Å². The number of nitrogens with one attached hydrogen (secondary N) is 1. The number of hydrogen-bond acceptors (Lipinski definition) is 4. The van der Waals surface area contributed by atoms with Crippen molar-refractivity contribution in [2.75, 3.05) is 6.61 Å². The molecule has 1 aromatic carbocycles. The molecule has 2 aromatic heterocycles. The summed E-state index contributed by atoms with van der Waals surface area (Å²) in [5, 5.41) is 2.38. The van der Waals surface area contributed by atoms with Crippen LogP contribution in [0, 0.1) is 0 Å². The van der Waals surface area contributed by atoms with Crippen LogP contribution in [-0.4, -0.2) is 22.5 Å². The Kier molecular flexibility index (Phi) is 5.25. The number of fused-ring (bicyclic) bond motifs is 1. The number of pyridine rings is 2. The van der Waals surface area contributed by atoms with Gasteiger partial charge in [-0.1, -0.05) is 24.3 Å². The first-order valence-electron chi connectivity index (χ1n) is 8.21. The molecular formula is C19H16F3N3O2. The molecular weight excluding hydrogens is 359 g/mol. The van der Waals surface area contributed by atoms with Gasteiger partial charge in [-0.2, -0.15) is 13.2 Å². The zero-order valence-corrected chi connectivity index (χ0v) is 14.4. The number of benzene rings is 1. The summed E-state index contributed by atoms with van der Waals surface area (Å²) < 4.78 is 46.2. The topological polar surface area (TPSA) is 64.1 Å². The summed E-state index contributed by atoms with van der Waals surface area (Å²) in [5.74, 6) is -0.542. The van der Waals surface area contributed by atoms with Crippen molar-refractivity contribution in [3.05, 3.63) is 65.5 Å². The lowest BCUT2D eigenvalue weighted by Crippen LogP contribution is -2.26. The maximum absolute atomic E-state index is 13.6. The summed E-state index contributed by atoms with van der Waals surface area (Å²) in [6.45, 7) is 2.14. The number of rotatable bonds is 5. The molecule has 0 aliphatic carbocycles. The summed E-state index contributed by atoms with van der Waals surface area (Å²) in [5.41, 5.74) is -0.785. The van der Waals surface area contributed by atoms with Crippen LogP contribution < -0.4 is 10.1 Å². The van der Waals surface area contributed by atoms with Crippen LogP contribution in [0.15, 0.2) is 48.8 Å². The van der Waals surface area contributed by atoms with Crippen LogP contribution in [0.1, 0.15) is 28.4 Å². The average Bonchev–Trinajstić information content (AvgIpc) is 2.65.